The van der Waals surface area contributed by atoms with Crippen molar-refractivity contribution in [2.75, 3.05) is 6.61 Å². The molecule has 172 valence electrons. The molecular weight excluding hydrogens is 436 g/mol. The Morgan fingerprint density at radius 2 is 1.45 bits per heavy atom. The topological polar surface area (TPSA) is 35.5 Å². The molecule has 3 aromatic carbocycles. The lowest BCUT2D eigenvalue weighted by atomic mass is 9.81. The van der Waals surface area contributed by atoms with E-state index in [0.717, 1.165) is 24.5 Å². The number of esters is 1. The van der Waals surface area contributed by atoms with Gasteiger partial charge in [-0.15, -0.1) is 0 Å². The van der Waals surface area contributed by atoms with Gasteiger partial charge >= 0.3 is 5.97 Å². The number of ether oxygens (including phenoxy) is 2. The van der Waals surface area contributed by atoms with Gasteiger partial charge < -0.3 is 9.47 Å². The molecule has 33 heavy (non-hydrogen) atoms. The van der Waals surface area contributed by atoms with Gasteiger partial charge in [0.15, 0.2) is 23.9 Å². The largest absolute Gasteiger partial charge is 0.491 e. The van der Waals surface area contributed by atoms with Gasteiger partial charge in [-0.05, 0) is 54.3 Å². The number of hydrogen-bond donors (Lipinski definition) is 0. The van der Waals surface area contributed by atoms with Crippen molar-refractivity contribution >= 4 is 5.97 Å². The molecule has 0 spiro atoms. The molecule has 0 fully saturated rings. The number of carbonyl (C=O) groups excluding carboxylic acids is 1. The first-order valence-electron chi connectivity index (χ1n) is 10.7. The van der Waals surface area contributed by atoms with E-state index in [9.17, 15) is 13.6 Å². The van der Waals surface area contributed by atoms with E-state index >= 15 is 8.78 Å². The third kappa shape index (κ3) is 4.08. The van der Waals surface area contributed by atoms with Crippen LogP contribution in [0.25, 0.3) is 11.1 Å². The van der Waals surface area contributed by atoms with E-state index in [2.05, 4.69) is 0 Å². The van der Waals surface area contributed by atoms with Gasteiger partial charge in [0, 0.05) is 11.1 Å². The maximum absolute atomic E-state index is 15.3. The summed E-state index contributed by atoms with van der Waals surface area (Å²) in [4.78, 5) is 12.6. The summed E-state index contributed by atoms with van der Waals surface area (Å²) in [7, 11) is 0. The van der Waals surface area contributed by atoms with Gasteiger partial charge in [-0.1, -0.05) is 37.6 Å². The predicted octanol–water partition coefficient (Wildman–Crippen LogP) is 7.24. The molecule has 2 atom stereocenters. The Bertz CT molecular complexity index is 1190. The molecule has 4 rings (SSSR count). The Labute approximate surface area is 189 Å². The van der Waals surface area contributed by atoms with Gasteiger partial charge in [0.25, 0.3) is 0 Å². The van der Waals surface area contributed by atoms with Crippen molar-refractivity contribution in [3.63, 3.8) is 0 Å². The molecule has 0 aromatic heterocycles. The van der Waals surface area contributed by atoms with Crippen LogP contribution in [0.4, 0.5) is 17.6 Å². The quantitative estimate of drug-likeness (QED) is 0.222. The van der Waals surface area contributed by atoms with Crippen LogP contribution in [0.1, 0.15) is 59.7 Å². The summed E-state index contributed by atoms with van der Waals surface area (Å²) in [5, 5.41) is 0. The fourth-order valence-electron chi connectivity index (χ4n) is 4.07. The van der Waals surface area contributed by atoms with Crippen LogP contribution in [0.5, 0.6) is 11.5 Å². The van der Waals surface area contributed by atoms with Crippen LogP contribution >= 0.6 is 0 Å². The Kier molecular flexibility index (Phi) is 6.40. The second kappa shape index (κ2) is 9.25. The summed E-state index contributed by atoms with van der Waals surface area (Å²) in [6.45, 7) is 3.82. The van der Waals surface area contributed by atoms with Gasteiger partial charge in [0.05, 0.1) is 12.2 Å². The molecule has 7 heteroatoms. The zero-order chi connectivity index (χ0) is 23.7. The second-order valence-electron chi connectivity index (χ2n) is 7.75. The molecule has 3 aromatic rings. The maximum atomic E-state index is 15.3. The summed E-state index contributed by atoms with van der Waals surface area (Å²) >= 11 is 0. The standard InChI is InChI=1S/C26H22F4O3/c1-3-5-14-6-8-15(9-7-14)33-26(31)18-11-10-16-17-12-13-19(32-4-2)23(28)21(17)25(30)24(29)20(16)22(18)27/h6-13,24-25H,3-5H2,1-2H3. The summed E-state index contributed by atoms with van der Waals surface area (Å²) in [5.74, 6) is -3.29. The highest BCUT2D eigenvalue weighted by atomic mass is 19.2. The SMILES string of the molecule is CCCc1ccc(OC(=O)c2ccc3c(c2F)C(F)C(F)c2c-3ccc(OCC)c2F)cc1. The van der Waals surface area contributed by atoms with Crippen LogP contribution in [0.2, 0.25) is 0 Å². The zero-order valence-corrected chi connectivity index (χ0v) is 18.1. The molecule has 0 saturated heterocycles. The summed E-state index contributed by atoms with van der Waals surface area (Å²) in [5.41, 5.74) is -0.640. The Morgan fingerprint density at radius 1 is 0.848 bits per heavy atom. The van der Waals surface area contributed by atoms with Crippen molar-refractivity contribution in [3.05, 3.63) is 82.4 Å². The third-order valence-electron chi connectivity index (χ3n) is 5.62. The van der Waals surface area contributed by atoms with E-state index < -0.39 is 46.6 Å². The minimum absolute atomic E-state index is 0.0117. The van der Waals surface area contributed by atoms with Crippen LogP contribution in [0.3, 0.4) is 0 Å². The van der Waals surface area contributed by atoms with Gasteiger partial charge in [0.1, 0.15) is 11.6 Å². The summed E-state index contributed by atoms with van der Waals surface area (Å²) in [6.07, 6.45) is -3.14. The molecule has 1 aliphatic rings. The van der Waals surface area contributed by atoms with E-state index in [1.54, 1.807) is 31.2 Å². The Balaban J connectivity index is 1.70. The van der Waals surface area contributed by atoms with Crippen LogP contribution in [-0.2, 0) is 6.42 Å². The lowest BCUT2D eigenvalue weighted by molar-refractivity contribution is 0.0728. The highest BCUT2D eigenvalue weighted by molar-refractivity contribution is 5.93. The molecule has 0 bridgehead atoms. The van der Waals surface area contributed by atoms with Crippen LogP contribution in [0.15, 0.2) is 48.5 Å². The molecule has 0 heterocycles. The van der Waals surface area contributed by atoms with E-state index in [0.29, 0.717) is 0 Å². The van der Waals surface area contributed by atoms with Crippen LogP contribution in [0, 0.1) is 11.6 Å². The first-order chi connectivity index (χ1) is 15.9. The summed E-state index contributed by atoms with van der Waals surface area (Å²) < 4.78 is 70.4. The molecule has 0 aliphatic heterocycles. The number of carbonyl (C=O) groups is 1. The van der Waals surface area contributed by atoms with E-state index in [1.165, 1.54) is 18.2 Å². The smallest absolute Gasteiger partial charge is 0.346 e. The molecule has 0 N–H and O–H groups in total. The van der Waals surface area contributed by atoms with Crippen molar-refractivity contribution in [3.8, 4) is 22.6 Å². The first-order valence-corrected chi connectivity index (χ1v) is 10.7. The van der Waals surface area contributed by atoms with E-state index in [1.807, 2.05) is 6.92 Å². The van der Waals surface area contributed by atoms with Crippen LogP contribution < -0.4 is 9.47 Å². The van der Waals surface area contributed by atoms with Gasteiger partial charge in [-0.3, -0.25) is 0 Å². The van der Waals surface area contributed by atoms with Crippen molar-refractivity contribution in [2.24, 2.45) is 0 Å². The monoisotopic (exact) mass is 458 g/mol. The van der Waals surface area contributed by atoms with Gasteiger partial charge in [0.2, 0.25) is 0 Å². The molecule has 0 radical (unpaired) electrons. The van der Waals surface area contributed by atoms with Gasteiger partial charge in [-0.25, -0.2) is 22.4 Å². The van der Waals surface area contributed by atoms with Crippen molar-refractivity contribution in [2.45, 2.75) is 39.0 Å². The van der Waals surface area contributed by atoms with E-state index in [4.69, 9.17) is 9.47 Å². The number of hydrogen-bond acceptors (Lipinski definition) is 3. The average Bonchev–Trinajstić information content (AvgIpc) is 2.80. The van der Waals surface area contributed by atoms with Gasteiger partial charge in [-0.2, -0.15) is 0 Å². The Hall–Kier alpha value is -3.35. The first kappa shape index (κ1) is 22.8. The molecule has 3 nitrogen and oxygen atoms in total. The molecule has 1 aliphatic carbocycles. The second-order valence-corrected chi connectivity index (χ2v) is 7.75. The molecule has 0 amide bonds. The number of aryl methyl sites for hydroxylation is 1. The highest BCUT2D eigenvalue weighted by Gasteiger charge is 2.40. The minimum atomic E-state index is -2.50. The fraction of sp³-hybridized carbons (Fsp3) is 0.269. The van der Waals surface area contributed by atoms with Crippen molar-refractivity contribution < 1.29 is 31.8 Å². The normalized spacial score (nSPS) is 16.7. The average molecular weight is 458 g/mol. The van der Waals surface area contributed by atoms with E-state index in [-0.39, 0.29) is 29.2 Å². The molecule has 2 unspecified atom stereocenters. The third-order valence-corrected chi connectivity index (χ3v) is 5.62. The van der Waals surface area contributed by atoms with Crippen LogP contribution in [-0.4, -0.2) is 12.6 Å². The zero-order valence-electron chi connectivity index (χ0n) is 18.1. The minimum Gasteiger partial charge on any atom is -0.491 e. The van der Waals surface area contributed by atoms with Crippen molar-refractivity contribution in [1.29, 1.82) is 0 Å². The maximum Gasteiger partial charge on any atom is 0.346 e. The lowest BCUT2D eigenvalue weighted by Crippen LogP contribution is -2.19. The number of fused-ring (bicyclic) bond motifs is 3. The number of alkyl halides is 2. The predicted molar refractivity (Wildman–Crippen MR) is 116 cm³/mol. The highest BCUT2D eigenvalue weighted by Crippen LogP contribution is 2.51. The molecular formula is C26H22F4O3. The Morgan fingerprint density at radius 3 is 2.06 bits per heavy atom. The van der Waals surface area contributed by atoms with Crippen molar-refractivity contribution in [1.82, 2.24) is 0 Å². The number of benzene rings is 3. The number of halogens is 4. The fourth-order valence-corrected chi connectivity index (χ4v) is 4.07. The lowest BCUT2D eigenvalue weighted by Gasteiger charge is -2.28. The summed E-state index contributed by atoms with van der Waals surface area (Å²) in [6, 6.07) is 11.8. The molecule has 0 saturated carbocycles. The number of rotatable bonds is 6.